The van der Waals surface area contributed by atoms with Gasteiger partial charge in [-0.25, -0.2) is 8.42 Å². The van der Waals surface area contributed by atoms with Crippen LogP contribution in [0.1, 0.15) is 12.0 Å². The topological polar surface area (TPSA) is 46.5 Å². The lowest BCUT2D eigenvalue weighted by molar-refractivity contribution is 0.602. The predicted molar refractivity (Wildman–Crippen MR) is 64.7 cm³/mol. The molecule has 4 heteroatoms. The van der Waals surface area contributed by atoms with E-state index in [1.165, 1.54) is 6.26 Å². The van der Waals surface area contributed by atoms with Crippen LogP contribution in [-0.2, 0) is 9.84 Å². The van der Waals surface area contributed by atoms with Gasteiger partial charge >= 0.3 is 0 Å². The van der Waals surface area contributed by atoms with Gasteiger partial charge in [-0.2, -0.15) is 0 Å². The van der Waals surface area contributed by atoms with Crippen molar-refractivity contribution < 1.29 is 8.42 Å². The molecule has 2 rings (SSSR count). The fraction of sp³-hybridized carbons (Fsp3) is 0.250. The fourth-order valence-corrected chi connectivity index (χ4v) is 2.20. The van der Waals surface area contributed by atoms with Crippen LogP contribution >= 0.6 is 0 Å². The summed E-state index contributed by atoms with van der Waals surface area (Å²) in [7, 11) is -3.11. The van der Waals surface area contributed by atoms with Gasteiger partial charge in [0, 0.05) is 12.8 Å². The Kier molecular flexibility index (Phi) is 2.92. The molecule has 0 atom stereocenters. The largest absolute Gasteiger partial charge is 0.284 e. The highest BCUT2D eigenvalue weighted by molar-refractivity contribution is 7.90. The molecule has 0 spiro atoms. The molecule has 0 radical (unpaired) electrons. The summed E-state index contributed by atoms with van der Waals surface area (Å²) in [4.78, 5) is 4.72. The Morgan fingerprint density at radius 1 is 1.19 bits per heavy atom. The van der Waals surface area contributed by atoms with Gasteiger partial charge in [0.2, 0.25) is 0 Å². The molecule has 1 aliphatic rings. The number of hydrogen-bond acceptors (Lipinski definition) is 3. The van der Waals surface area contributed by atoms with Gasteiger partial charge in [-0.15, -0.1) is 0 Å². The van der Waals surface area contributed by atoms with Crippen LogP contribution in [0.4, 0.5) is 0 Å². The first kappa shape index (κ1) is 11.1. The molecule has 0 bridgehead atoms. The maximum Gasteiger partial charge on any atom is 0.175 e. The SMILES string of the molecule is CS(=O)(=O)c1ccc(C2=NCCC=C2)cc1. The molecule has 0 aromatic heterocycles. The monoisotopic (exact) mass is 235 g/mol. The van der Waals surface area contributed by atoms with E-state index in [0.717, 1.165) is 24.2 Å². The van der Waals surface area contributed by atoms with Gasteiger partial charge in [0.05, 0.1) is 10.6 Å². The highest BCUT2D eigenvalue weighted by Crippen LogP contribution is 2.13. The number of rotatable bonds is 2. The lowest BCUT2D eigenvalue weighted by atomic mass is 10.1. The average molecular weight is 235 g/mol. The molecular weight excluding hydrogens is 222 g/mol. The van der Waals surface area contributed by atoms with Crippen LogP contribution < -0.4 is 0 Å². The van der Waals surface area contributed by atoms with Gasteiger partial charge in [-0.05, 0) is 30.2 Å². The standard InChI is InChI=1S/C12H13NO2S/c1-16(14,15)11-7-5-10(6-8-11)12-4-2-3-9-13-12/h2,4-8H,3,9H2,1H3. The normalized spacial score (nSPS) is 15.9. The zero-order valence-electron chi connectivity index (χ0n) is 9.05. The number of hydrogen-bond donors (Lipinski definition) is 0. The third-order valence-electron chi connectivity index (χ3n) is 2.43. The fourth-order valence-electron chi connectivity index (χ4n) is 1.57. The van der Waals surface area contributed by atoms with Gasteiger partial charge in [0.1, 0.15) is 0 Å². The van der Waals surface area contributed by atoms with E-state index in [4.69, 9.17) is 0 Å². The summed E-state index contributed by atoms with van der Waals surface area (Å²) < 4.78 is 22.6. The van der Waals surface area contributed by atoms with E-state index in [9.17, 15) is 8.42 Å². The molecule has 0 aliphatic carbocycles. The number of nitrogens with zero attached hydrogens (tertiary/aromatic N) is 1. The number of dihydropyridines is 1. The Hall–Kier alpha value is -1.42. The maximum absolute atomic E-state index is 11.3. The van der Waals surface area contributed by atoms with Crippen LogP contribution in [0.15, 0.2) is 46.3 Å². The van der Waals surface area contributed by atoms with Crippen LogP contribution in [0.3, 0.4) is 0 Å². The number of allylic oxidation sites excluding steroid dienone is 1. The van der Waals surface area contributed by atoms with E-state index in [-0.39, 0.29) is 0 Å². The van der Waals surface area contributed by atoms with Crippen molar-refractivity contribution in [1.29, 1.82) is 0 Å². The summed E-state index contributed by atoms with van der Waals surface area (Å²) in [5.41, 5.74) is 1.88. The highest BCUT2D eigenvalue weighted by atomic mass is 32.2. The Labute approximate surface area is 95.4 Å². The molecule has 16 heavy (non-hydrogen) atoms. The second-order valence-corrected chi connectivity index (χ2v) is 5.77. The van der Waals surface area contributed by atoms with Crippen molar-refractivity contribution in [2.45, 2.75) is 11.3 Å². The summed E-state index contributed by atoms with van der Waals surface area (Å²) in [6.07, 6.45) is 6.23. The Morgan fingerprint density at radius 2 is 1.88 bits per heavy atom. The minimum absolute atomic E-state index is 0.344. The average Bonchev–Trinajstić information content (AvgIpc) is 2.29. The van der Waals surface area contributed by atoms with Crippen molar-refractivity contribution in [2.75, 3.05) is 12.8 Å². The third kappa shape index (κ3) is 2.39. The Balaban J connectivity index is 2.33. The zero-order valence-corrected chi connectivity index (χ0v) is 9.87. The zero-order chi connectivity index (χ0) is 11.6. The van der Waals surface area contributed by atoms with E-state index in [1.807, 2.05) is 6.08 Å². The molecular formula is C12H13NO2S. The van der Waals surface area contributed by atoms with Gasteiger partial charge in [0.15, 0.2) is 9.84 Å². The van der Waals surface area contributed by atoms with Crippen molar-refractivity contribution in [2.24, 2.45) is 4.99 Å². The Morgan fingerprint density at radius 3 is 2.38 bits per heavy atom. The maximum atomic E-state index is 11.3. The molecule has 0 saturated carbocycles. The van der Waals surface area contributed by atoms with Crippen LogP contribution in [0.2, 0.25) is 0 Å². The summed E-state index contributed by atoms with van der Waals surface area (Å²) >= 11 is 0. The smallest absolute Gasteiger partial charge is 0.175 e. The molecule has 1 aromatic carbocycles. The third-order valence-corrected chi connectivity index (χ3v) is 3.56. The molecule has 0 unspecified atom stereocenters. The minimum Gasteiger partial charge on any atom is -0.284 e. The summed E-state index contributed by atoms with van der Waals surface area (Å²) in [5, 5.41) is 0. The highest BCUT2D eigenvalue weighted by Gasteiger charge is 2.08. The summed E-state index contributed by atoms with van der Waals surface area (Å²) in [5.74, 6) is 0. The first-order chi connectivity index (χ1) is 7.57. The number of aliphatic imine (C=N–C) groups is 1. The van der Waals surface area contributed by atoms with Crippen molar-refractivity contribution in [3.8, 4) is 0 Å². The molecule has 1 heterocycles. The lowest BCUT2D eigenvalue weighted by Gasteiger charge is -2.06. The lowest BCUT2D eigenvalue weighted by Crippen LogP contribution is -2.03. The van der Waals surface area contributed by atoms with Gasteiger partial charge in [0.25, 0.3) is 0 Å². The summed E-state index contributed by atoms with van der Waals surface area (Å²) in [6, 6.07) is 6.83. The van der Waals surface area contributed by atoms with Crippen LogP contribution in [0.5, 0.6) is 0 Å². The quantitative estimate of drug-likeness (QED) is 0.785. The molecule has 0 fully saturated rings. The van der Waals surface area contributed by atoms with Gasteiger partial charge in [-0.3, -0.25) is 4.99 Å². The number of benzene rings is 1. The first-order valence-corrected chi connectivity index (χ1v) is 6.98. The van der Waals surface area contributed by atoms with Crippen molar-refractivity contribution in [3.63, 3.8) is 0 Å². The van der Waals surface area contributed by atoms with E-state index in [1.54, 1.807) is 24.3 Å². The van der Waals surface area contributed by atoms with Gasteiger partial charge in [-0.1, -0.05) is 18.2 Å². The second kappa shape index (κ2) is 4.22. The predicted octanol–water partition coefficient (Wildman–Crippen LogP) is 1.84. The van der Waals surface area contributed by atoms with Crippen molar-refractivity contribution in [3.05, 3.63) is 42.0 Å². The molecule has 0 amide bonds. The molecule has 0 saturated heterocycles. The van der Waals surface area contributed by atoms with E-state index in [0.29, 0.717) is 4.90 Å². The van der Waals surface area contributed by atoms with Crippen molar-refractivity contribution >= 4 is 15.5 Å². The minimum atomic E-state index is -3.11. The molecule has 3 nitrogen and oxygen atoms in total. The van der Waals surface area contributed by atoms with Crippen LogP contribution in [0, 0.1) is 0 Å². The van der Waals surface area contributed by atoms with Crippen molar-refractivity contribution in [1.82, 2.24) is 0 Å². The van der Waals surface area contributed by atoms with Gasteiger partial charge < -0.3 is 0 Å². The first-order valence-electron chi connectivity index (χ1n) is 5.09. The molecule has 84 valence electrons. The molecule has 1 aromatic rings. The number of sulfone groups is 1. The Bertz CT molecular complexity index is 539. The van der Waals surface area contributed by atoms with E-state index in [2.05, 4.69) is 11.1 Å². The van der Waals surface area contributed by atoms with E-state index < -0.39 is 9.84 Å². The molecule has 1 aliphatic heterocycles. The molecule has 0 N–H and O–H groups in total. The second-order valence-electron chi connectivity index (χ2n) is 3.75. The summed E-state index contributed by atoms with van der Waals surface area (Å²) in [6.45, 7) is 0.805. The van der Waals surface area contributed by atoms with E-state index >= 15 is 0 Å². The van der Waals surface area contributed by atoms with Crippen LogP contribution in [-0.4, -0.2) is 26.9 Å². The van der Waals surface area contributed by atoms with Crippen LogP contribution in [0.25, 0.3) is 0 Å².